The highest BCUT2D eigenvalue weighted by atomic mass is 19.4. The Morgan fingerprint density at radius 2 is 1.81 bits per heavy atom. The molecule has 0 spiro atoms. The molecule has 0 fully saturated rings. The average Bonchev–Trinajstić information content (AvgIpc) is 3.23. The Morgan fingerprint density at radius 1 is 1.13 bits per heavy atom. The van der Waals surface area contributed by atoms with Gasteiger partial charge >= 0.3 is 12.4 Å². The maximum atomic E-state index is 12.1. The Balaban J connectivity index is 1.58. The minimum Gasteiger partial charge on any atom is -0.406 e. The molecule has 9 nitrogen and oxygen atoms in total. The second kappa shape index (κ2) is 8.87. The molecule has 3 aromatic rings. The van der Waals surface area contributed by atoms with Gasteiger partial charge in [-0.05, 0) is 42.0 Å². The van der Waals surface area contributed by atoms with Gasteiger partial charge in [-0.2, -0.15) is 10.4 Å². The fourth-order valence-electron chi connectivity index (χ4n) is 2.39. The predicted molar refractivity (Wildman–Crippen MR) is 105 cm³/mol. The maximum absolute atomic E-state index is 12.1. The molecule has 12 heteroatoms. The number of carbonyl (C=O) groups excluding carboxylic acids is 1. The van der Waals surface area contributed by atoms with Gasteiger partial charge in [0.1, 0.15) is 5.75 Å². The number of benzene rings is 2. The van der Waals surface area contributed by atoms with Crippen LogP contribution in [0.5, 0.6) is 5.75 Å². The second-order valence-corrected chi connectivity index (χ2v) is 5.97. The number of anilines is 1. The van der Waals surface area contributed by atoms with E-state index in [-0.39, 0.29) is 11.6 Å². The molecule has 2 aromatic carbocycles. The van der Waals surface area contributed by atoms with Crippen LogP contribution in [-0.2, 0) is 0 Å². The van der Waals surface area contributed by atoms with Crippen molar-refractivity contribution in [3.8, 4) is 22.9 Å². The van der Waals surface area contributed by atoms with Crippen molar-refractivity contribution in [2.45, 2.75) is 6.36 Å². The van der Waals surface area contributed by atoms with Crippen LogP contribution < -0.4 is 21.2 Å². The van der Waals surface area contributed by atoms with Crippen molar-refractivity contribution in [2.75, 3.05) is 5.32 Å². The fourth-order valence-corrected chi connectivity index (χ4v) is 2.39. The van der Waals surface area contributed by atoms with E-state index in [9.17, 15) is 18.0 Å². The minimum absolute atomic E-state index is 0.135. The summed E-state index contributed by atoms with van der Waals surface area (Å²) >= 11 is 0. The van der Waals surface area contributed by atoms with Gasteiger partial charge in [-0.1, -0.05) is 12.1 Å². The molecule has 0 atom stereocenters. The average molecular weight is 429 g/mol. The van der Waals surface area contributed by atoms with Crippen LogP contribution in [0.3, 0.4) is 0 Å². The van der Waals surface area contributed by atoms with Gasteiger partial charge in [-0.3, -0.25) is 0 Å². The standard InChI is InChI=1S/C19H14F3N7O2/c20-19(21,22)31-16-7-5-15(6-8-16)26-18(30)28-27-17(24)29-11-14(10-25-29)13-3-1-12(9-23)2-4-13/h1-8,10-11H,(H2,24,27)(H2,26,28,30). The van der Waals surface area contributed by atoms with Gasteiger partial charge in [-0.15, -0.1) is 18.3 Å². The lowest BCUT2D eigenvalue weighted by molar-refractivity contribution is -0.274. The zero-order chi connectivity index (χ0) is 22.4. The van der Waals surface area contributed by atoms with E-state index < -0.39 is 18.1 Å². The highest BCUT2D eigenvalue weighted by Crippen LogP contribution is 2.24. The van der Waals surface area contributed by atoms with Gasteiger partial charge in [0.05, 0.1) is 17.8 Å². The number of nitrogens with one attached hydrogen (secondary N) is 2. The summed E-state index contributed by atoms with van der Waals surface area (Å²) < 4.78 is 41.4. The molecule has 31 heavy (non-hydrogen) atoms. The lowest BCUT2D eigenvalue weighted by atomic mass is 10.1. The van der Waals surface area contributed by atoms with Crippen LogP contribution in [0.1, 0.15) is 5.56 Å². The number of nitriles is 1. The highest BCUT2D eigenvalue weighted by molar-refractivity contribution is 5.90. The first kappa shape index (κ1) is 21.2. The van der Waals surface area contributed by atoms with E-state index >= 15 is 0 Å². The number of alkyl halides is 3. The monoisotopic (exact) mass is 429 g/mol. The number of nitrogens with zero attached hydrogens (tertiary/aromatic N) is 4. The first-order chi connectivity index (χ1) is 14.7. The molecule has 0 unspecified atom stereocenters. The Bertz CT molecular complexity index is 1130. The van der Waals surface area contributed by atoms with E-state index in [1.54, 1.807) is 30.5 Å². The number of aromatic nitrogens is 2. The van der Waals surface area contributed by atoms with E-state index in [1.807, 2.05) is 6.07 Å². The smallest absolute Gasteiger partial charge is 0.406 e. The molecule has 4 N–H and O–H groups in total. The molecule has 0 saturated heterocycles. The maximum Gasteiger partial charge on any atom is 0.573 e. The van der Waals surface area contributed by atoms with Crippen LogP contribution in [0.15, 0.2) is 66.0 Å². The molecule has 158 valence electrons. The number of hydrogen-bond acceptors (Lipinski definition) is 5. The minimum atomic E-state index is -4.80. The number of hydrazone groups is 1. The third-order valence-corrected chi connectivity index (χ3v) is 3.78. The van der Waals surface area contributed by atoms with Crippen molar-refractivity contribution in [1.82, 2.24) is 15.2 Å². The Hall–Kier alpha value is -4.53. The normalized spacial score (nSPS) is 11.5. The Labute approximate surface area is 173 Å². The van der Waals surface area contributed by atoms with Crippen molar-refractivity contribution in [3.63, 3.8) is 0 Å². The van der Waals surface area contributed by atoms with Crippen molar-refractivity contribution >= 4 is 17.7 Å². The third-order valence-electron chi connectivity index (χ3n) is 3.78. The van der Waals surface area contributed by atoms with E-state index in [0.29, 0.717) is 11.1 Å². The fraction of sp³-hybridized carbons (Fsp3) is 0.0526. The van der Waals surface area contributed by atoms with E-state index in [2.05, 4.69) is 25.7 Å². The molecular weight excluding hydrogens is 415 g/mol. The van der Waals surface area contributed by atoms with Crippen LogP contribution in [-0.4, -0.2) is 28.1 Å². The van der Waals surface area contributed by atoms with E-state index in [1.165, 1.54) is 23.0 Å². The molecule has 0 radical (unpaired) electrons. The summed E-state index contributed by atoms with van der Waals surface area (Å²) in [7, 11) is 0. The molecule has 0 bridgehead atoms. The predicted octanol–water partition coefficient (Wildman–Crippen LogP) is 3.22. The van der Waals surface area contributed by atoms with Gasteiger partial charge in [-0.25, -0.2) is 14.9 Å². The molecule has 0 aliphatic carbocycles. The zero-order valence-electron chi connectivity index (χ0n) is 15.6. The van der Waals surface area contributed by atoms with Crippen molar-refractivity contribution in [3.05, 3.63) is 66.5 Å². The van der Waals surface area contributed by atoms with E-state index in [4.69, 9.17) is 11.0 Å². The number of carbonyl (C=O) groups is 1. The summed E-state index contributed by atoms with van der Waals surface area (Å²) in [5, 5.41) is 19.0. The van der Waals surface area contributed by atoms with Crippen LogP contribution in [0.2, 0.25) is 0 Å². The number of halogens is 3. The highest BCUT2D eigenvalue weighted by Gasteiger charge is 2.30. The van der Waals surface area contributed by atoms with Gasteiger partial charge in [0.25, 0.3) is 0 Å². The van der Waals surface area contributed by atoms with Gasteiger partial charge < -0.3 is 15.8 Å². The molecule has 1 aromatic heterocycles. The Morgan fingerprint density at radius 3 is 2.42 bits per heavy atom. The van der Waals surface area contributed by atoms with Crippen LogP contribution in [0, 0.1) is 11.3 Å². The molecule has 3 rings (SSSR count). The van der Waals surface area contributed by atoms with Crippen molar-refractivity contribution in [1.29, 1.82) is 5.26 Å². The molecule has 0 aliphatic heterocycles. The van der Waals surface area contributed by atoms with Crippen LogP contribution in [0.4, 0.5) is 23.7 Å². The number of nitrogens with two attached hydrogens (primary N) is 1. The van der Waals surface area contributed by atoms with Crippen LogP contribution >= 0.6 is 0 Å². The van der Waals surface area contributed by atoms with Crippen LogP contribution in [0.25, 0.3) is 11.1 Å². The molecule has 0 saturated carbocycles. The number of ether oxygens (including phenoxy) is 1. The summed E-state index contributed by atoms with van der Waals surface area (Å²) in [6, 6.07) is 12.6. The second-order valence-electron chi connectivity index (χ2n) is 5.97. The molecular formula is C19H14F3N7O2. The van der Waals surface area contributed by atoms with Crippen molar-refractivity contribution < 1.29 is 22.7 Å². The topological polar surface area (TPSA) is 130 Å². The van der Waals surface area contributed by atoms with Gasteiger partial charge in [0, 0.05) is 17.4 Å². The number of urea groups is 1. The first-order valence-corrected chi connectivity index (χ1v) is 8.55. The lowest BCUT2D eigenvalue weighted by Crippen LogP contribution is -2.31. The summed E-state index contributed by atoms with van der Waals surface area (Å²) in [5.74, 6) is -0.554. The lowest BCUT2D eigenvalue weighted by Gasteiger charge is -2.09. The summed E-state index contributed by atoms with van der Waals surface area (Å²) in [5.41, 5.74) is 10.2. The largest absolute Gasteiger partial charge is 0.573 e. The quantitative estimate of drug-likeness (QED) is 0.333. The molecule has 2 amide bonds. The summed E-state index contributed by atoms with van der Waals surface area (Å²) in [4.78, 5) is 11.9. The van der Waals surface area contributed by atoms with Crippen molar-refractivity contribution in [2.24, 2.45) is 10.8 Å². The van der Waals surface area contributed by atoms with E-state index in [0.717, 1.165) is 17.7 Å². The van der Waals surface area contributed by atoms with Gasteiger partial charge in [0.15, 0.2) is 0 Å². The summed E-state index contributed by atoms with van der Waals surface area (Å²) in [6.45, 7) is 0. The number of amides is 2. The number of hydrogen-bond donors (Lipinski definition) is 3. The molecule has 1 heterocycles. The third kappa shape index (κ3) is 5.97. The SMILES string of the molecule is N#Cc1ccc(-c2cnn(C(N)=NNC(=O)Nc3ccc(OC(F)(F)F)cc3)c2)cc1. The summed E-state index contributed by atoms with van der Waals surface area (Å²) in [6.07, 6.45) is -1.68. The number of rotatable bonds is 4. The van der Waals surface area contributed by atoms with Gasteiger partial charge in [0.2, 0.25) is 5.96 Å². The zero-order valence-corrected chi connectivity index (χ0v) is 15.6. The Kier molecular flexibility index (Phi) is 6.06. The first-order valence-electron chi connectivity index (χ1n) is 8.55. The molecule has 0 aliphatic rings.